The smallest absolute Gasteiger partial charge is 0.331 e. The quantitative estimate of drug-likeness (QED) is 0.868. The van der Waals surface area contributed by atoms with E-state index in [2.05, 4.69) is 10.1 Å². The molecule has 2 aromatic rings. The van der Waals surface area contributed by atoms with Crippen LogP contribution in [-0.4, -0.2) is 19.3 Å². The molecule has 2 heterocycles. The largest absolute Gasteiger partial charge is 0.435 e. The van der Waals surface area contributed by atoms with Gasteiger partial charge in [0.1, 0.15) is 12.4 Å². The molecule has 0 unspecified atom stereocenters. The van der Waals surface area contributed by atoms with Gasteiger partial charge in [-0.05, 0) is 19.9 Å². The van der Waals surface area contributed by atoms with Crippen LogP contribution >= 0.6 is 0 Å². The van der Waals surface area contributed by atoms with Gasteiger partial charge in [-0.15, -0.1) is 0 Å². The topological polar surface area (TPSA) is 52.7 Å². The fourth-order valence-corrected chi connectivity index (χ4v) is 1.78. The molecule has 0 fully saturated rings. The van der Waals surface area contributed by atoms with E-state index in [-0.39, 0.29) is 12.6 Å². The van der Waals surface area contributed by atoms with Crippen LogP contribution in [0.2, 0.25) is 0 Å². The van der Waals surface area contributed by atoms with E-state index in [4.69, 9.17) is 0 Å². The molecule has 108 valence electrons. The van der Waals surface area contributed by atoms with E-state index in [1.165, 1.54) is 6.20 Å². The van der Waals surface area contributed by atoms with Gasteiger partial charge in [0, 0.05) is 24.5 Å². The van der Waals surface area contributed by atoms with Crippen LogP contribution in [-0.2, 0) is 12.7 Å². The van der Waals surface area contributed by atoms with Crippen LogP contribution in [0.3, 0.4) is 0 Å². The SMILES string of the molecule is CC(C)n1ccnc1Cn1nc(C(F)(F)F)ccc1=O. The van der Waals surface area contributed by atoms with Crippen molar-refractivity contribution >= 4 is 0 Å². The van der Waals surface area contributed by atoms with Gasteiger partial charge in [0.15, 0.2) is 5.69 Å². The van der Waals surface area contributed by atoms with Crippen LogP contribution in [0.4, 0.5) is 13.2 Å². The summed E-state index contributed by atoms with van der Waals surface area (Å²) in [7, 11) is 0. The maximum Gasteiger partial charge on any atom is 0.435 e. The second-order valence-electron chi connectivity index (χ2n) is 4.56. The summed E-state index contributed by atoms with van der Waals surface area (Å²) in [5.41, 5.74) is -1.70. The molecule has 0 N–H and O–H groups in total. The summed E-state index contributed by atoms with van der Waals surface area (Å²) in [4.78, 5) is 15.6. The highest BCUT2D eigenvalue weighted by Crippen LogP contribution is 2.26. The number of hydrogen-bond donors (Lipinski definition) is 0. The predicted molar refractivity (Wildman–Crippen MR) is 65.2 cm³/mol. The number of imidazole rings is 1. The van der Waals surface area contributed by atoms with Crippen molar-refractivity contribution in [2.75, 3.05) is 0 Å². The van der Waals surface area contributed by atoms with Gasteiger partial charge in [-0.2, -0.15) is 18.3 Å². The highest BCUT2D eigenvalue weighted by Gasteiger charge is 2.33. The number of aromatic nitrogens is 4. The molecule has 0 aliphatic rings. The second-order valence-corrected chi connectivity index (χ2v) is 4.56. The van der Waals surface area contributed by atoms with Crippen molar-refractivity contribution in [3.63, 3.8) is 0 Å². The molecule has 0 bridgehead atoms. The molecule has 0 aliphatic carbocycles. The zero-order valence-corrected chi connectivity index (χ0v) is 10.9. The molecular formula is C12H13F3N4O. The molecule has 0 radical (unpaired) electrons. The van der Waals surface area contributed by atoms with Crippen LogP contribution in [0.1, 0.15) is 31.4 Å². The first-order chi connectivity index (χ1) is 9.29. The van der Waals surface area contributed by atoms with Crippen LogP contribution < -0.4 is 5.56 Å². The molecule has 8 heteroatoms. The lowest BCUT2D eigenvalue weighted by Crippen LogP contribution is -2.27. The molecule has 2 aromatic heterocycles. The molecular weight excluding hydrogens is 273 g/mol. The lowest BCUT2D eigenvalue weighted by atomic mass is 10.3. The van der Waals surface area contributed by atoms with Gasteiger partial charge in [-0.1, -0.05) is 0 Å². The Morgan fingerprint density at radius 2 is 2.00 bits per heavy atom. The Labute approximate surface area is 112 Å². The van der Waals surface area contributed by atoms with E-state index in [1.54, 1.807) is 10.8 Å². The molecule has 2 rings (SSSR count). The lowest BCUT2D eigenvalue weighted by molar-refractivity contribution is -0.142. The van der Waals surface area contributed by atoms with E-state index < -0.39 is 17.4 Å². The molecule has 0 atom stereocenters. The Kier molecular flexibility index (Phi) is 3.65. The van der Waals surface area contributed by atoms with Crippen molar-refractivity contribution < 1.29 is 13.2 Å². The highest BCUT2D eigenvalue weighted by molar-refractivity contribution is 5.05. The van der Waals surface area contributed by atoms with Crippen molar-refractivity contribution in [2.24, 2.45) is 0 Å². The maximum absolute atomic E-state index is 12.6. The fourth-order valence-electron chi connectivity index (χ4n) is 1.78. The van der Waals surface area contributed by atoms with Crippen LogP contribution in [0.15, 0.2) is 29.3 Å². The van der Waals surface area contributed by atoms with E-state index in [0.717, 1.165) is 10.7 Å². The average Bonchev–Trinajstić information content (AvgIpc) is 2.78. The summed E-state index contributed by atoms with van der Waals surface area (Å²) < 4.78 is 40.3. The Morgan fingerprint density at radius 1 is 1.30 bits per heavy atom. The molecule has 0 spiro atoms. The van der Waals surface area contributed by atoms with E-state index in [1.807, 2.05) is 13.8 Å². The van der Waals surface area contributed by atoms with Gasteiger partial charge in [-0.25, -0.2) is 9.67 Å². The first-order valence-corrected chi connectivity index (χ1v) is 5.96. The Hall–Kier alpha value is -2.12. The second kappa shape index (κ2) is 5.10. The zero-order chi connectivity index (χ0) is 14.9. The third kappa shape index (κ3) is 2.89. The van der Waals surface area contributed by atoms with E-state index in [9.17, 15) is 18.0 Å². The monoisotopic (exact) mass is 286 g/mol. The summed E-state index contributed by atoms with van der Waals surface area (Å²) in [5, 5.41) is 3.34. The van der Waals surface area contributed by atoms with Crippen molar-refractivity contribution in [3.05, 3.63) is 46.4 Å². The third-order valence-electron chi connectivity index (χ3n) is 2.75. The van der Waals surface area contributed by atoms with Crippen molar-refractivity contribution in [1.82, 2.24) is 19.3 Å². The normalized spacial score (nSPS) is 12.1. The number of rotatable bonds is 3. The van der Waals surface area contributed by atoms with Gasteiger partial charge in [0.05, 0.1) is 0 Å². The molecule has 5 nitrogen and oxygen atoms in total. The minimum atomic E-state index is -4.58. The van der Waals surface area contributed by atoms with Crippen LogP contribution in [0, 0.1) is 0 Å². The average molecular weight is 286 g/mol. The Balaban J connectivity index is 2.38. The maximum atomic E-state index is 12.6. The minimum Gasteiger partial charge on any atom is -0.331 e. The third-order valence-corrected chi connectivity index (χ3v) is 2.75. The fraction of sp³-hybridized carbons (Fsp3) is 0.417. The first kappa shape index (κ1) is 14.3. The summed E-state index contributed by atoms with van der Waals surface area (Å²) in [6.45, 7) is 3.72. The lowest BCUT2D eigenvalue weighted by Gasteiger charge is -2.13. The molecule has 0 saturated heterocycles. The summed E-state index contributed by atoms with van der Waals surface area (Å²) in [6.07, 6.45) is -1.34. The van der Waals surface area contributed by atoms with Gasteiger partial charge in [-0.3, -0.25) is 4.79 Å². The van der Waals surface area contributed by atoms with Crippen molar-refractivity contribution in [2.45, 2.75) is 32.6 Å². The molecule has 0 aromatic carbocycles. The standard InChI is InChI=1S/C12H13F3N4O/c1-8(2)18-6-5-16-10(18)7-19-11(20)4-3-9(17-19)12(13,14)15/h3-6,8H,7H2,1-2H3. The minimum absolute atomic E-state index is 0.0917. The number of nitrogens with zero attached hydrogens (tertiary/aromatic N) is 4. The summed E-state index contributed by atoms with van der Waals surface area (Å²) >= 11 is 0. The molecule has 0 amide bonds. The van der Waals surface area contributed by atoms with Crippen LogP contribution in [0.25, 0.3) is 0 Å². The predicted octanol–water partition coefficient (Wildman–Crippen LogP) is 2.09. The summed E-state index contributed by atoms with van der Waals surface area (Å²) in [5.74, 6) is 0.480. The van der Waals surface area contributed by atoms with Crippen molar-refractivity contribution in [1.29, 1.82) is 0 Å². The Bertz CT molecular complexity index is 657. The van der Waals surface area contributed by atoms with Gasteiger partial charge >= 0.3 is 6.18 Å². The van der Waals surface area contributed by atoms with Crippen LogP contribution in [0.5, 0.6) is 0 Å². The van der Waals surface area contributed by atoms with Gasteiger partial charge in [0.2, 0.25) is 0 Å². The number of alkyl halides is 3. The summed E-state index contributed by atoms with van der Waals surface area (Å²) in [6, 6.07) is 1.63. The molecule has 0 saturated carbocycles. The number of halogens is 3. The van der Waals surface area contributed by atoms with Gasteiger partial charge < -0.3 is 4.57 Å². The zero-order valence-electron chi connectivity index (χ0n) is 10.9. The van der Waals surface area contributed by atoms with Gasteiger partial charge in [0.25, 0.3) is 5.56 Å². The van der Waals surface area contributed by atoms with E-state index in [0.29, 0.717) is 11.9 Å². The van der Waals surface area contributed by atoms with Crippen molar-refractivity contribution in [3.8, 4) is 0 Å². The highest BCUT2D eigenvalue weighted by atomic mass is 19.4. The number of hydrogen-bond acceptors (Lipinski definition) is 3. The molecule has 20 heavy (non-hydrogen) atoms. The Morgan fingerprint density at radius 3 is 2.60 bits per heavy atom. The van der Waals surface area contributed by atoms with E-state index >= 15 is 0 Å². The first-order valence-electron chi connectivity index (χ1n) is 5.96. The molecule has 0 aliphatic heterocycles.